The van der Waals surface area contributed by atoms with E-state index in [0.29, 0.717) is 19.7 Å². The number of methoxy groups -OCH3 is 1. The Bertz CT molecular complexity index is 572. The number of rotatable bonds is 8. The summed E-state index contributed by atoms with van der Waals surface area (Å²) < 4.78 is 5.02. The summed E-state index contributed by atoms with van der Waals surface area (Å²) in [5.74, 6) is 0.0630. The second-order valence-corrected chi connectivity index (χ2v) is 6.12. The Labute approximate surface area is 144 Å². The van der Waals surface area contributed by atoms with Gasteiger partial charge in [-0.1, -0.05) is 12.1 Å². The number of nitrogens with one attached hydrogen (secondary N) is 1. The van der Waals surface area contributed by atoms with Crippen LogP contribution in [-0.4, -0.2) is 56.5 Å². The summed E-state index contributed by atoms with van der Waals surface area (Å²) in [6.45, 7) is 5.62. The molecule has 1 aromatic rings. The van der Waals surface area contributed by atoms with Crippen molar-refractivity contribution in [3.63, 3.8) is 0 Å². The van der Waals surface area contributed by atoms with E-state index < -0.39 is 0 Å². The molecule has 132 valence electrons. The number of benzene rings is 1. The van der Waals surface area contributed by atoms with Crippen molar-refractivity contribution in [2.75, 3.05) is 39.9 Å². The molecule has 0 saturated heterocycles. The number of likely N-dealkylation sites (N-methyl/N-ethyl adjacent to an activating group) is 1. The molecule has 1 amide bonds. The van der Waals surface area contributed by atoms with Crippen molar-refractivity contribution in [1.29, 1.82) is 0 Å². The number of amides is 1. The predicted octanol–water partition coefficient (Wildman–Crippen LogP) is 1.83. The van der Waals surface area contributed by atoms with Gasteiger partial charge in [-0.2, -0.15) is 0 Å². The molecule has 0 aromatic heterocycles. The van der Waals surface area contributed by atoms with Crippen LogP contribution >= 0.6 is 0 Å². The lowest BCUT2D eigenvalue weighted by Crippen LogP contribution is -2.33. The van der Waals surface area contributed by atoms with Crippen LogP contribution in [0.1, 0.15) is 41.3 Å². The first-order valence-corrected chi connectivity index (χ1v) is 8.78. The van der Waals surface area contributed by atoms with Crippen LogP contribution in [0.15, 0.2) is 18.2 Å². The molecule has 1 aliphatic heterocycles. The Hall–Kier alpha value is -1.72. The molecule has 0 atom stereocenters. The van der Waals surface area contributed by atoms with Gasteiger partial charge >= 0.3 is 0 Å². The van der Waals surface area contributed by atoms with Gasteiger partial charge in [0.15, 0.2) is 5.78 Å². The SMILES string of the molecule is CCN(CCOC)C(=O)CCC(=O)c1ccc2c(c1)CCNCC2. The fraction of sp³-hybridized carbons (Fsp3) is 0.579. The second kappa shape index (κ2) is 9.55. The molecule has 2 rings (SSSR count). The van der Waals surface area contributed by atoms with Crippen molar-refractivity contribution in [2.24, 2.45) is 0 Å². The van der Waals surface area contributed by atoms with E-state index in [-0.39, 0.29) is 24.5 Å². The normalized spacial score (nSPS) is 13.9. The van der Waals surface area contributed by atoms with Crippen LogP contribution < -0.4 is 5.32 Å². The molecule has 1 aromatic carbocycles. The lowest BCUT2D eigenvalue weighted by atomic mass is 9.97. The van der Waals surface area contributed by atoms with Gasteiger partial charge in [-0.3, -0.25) is 9.59 Å². The maximum Gasteiger partial charge on any atom is 0.223 e. The number of ketones is 1. The van der Waals surface area contributed by atoms with Gasteiger partial charge in [0.05, 0.1) is 6.61 Å². The zero-order valence-electron chi connectivity index (χ0n) is 14.8. The third-order valence-electron chi connectivity index (χ3n) is 4.54. The van der Waals surface area contributed by atoms with Crippen LogP contribution in [0.2, 0.25) is 0 Å². The van der Waals surface area contributed by atoms with Crippen LogP contribution in [0.5, 0.6) is 0 Å². The molecular weight excluding hydrogens is 304 g/mol. The van der Waals surface area contributed by atoms with E-state index >= 15 is 0 Å². The van der Waals surface area contributed by atoms with E-state index in [0.717, 1.165) is 31.5 Å². The van der Waals surface area contributed by atoms with Crippen molar-refractivity contribution in [2.45, 2.75) is 32.6 Å². The Kier molecular flexibility index (Phi) is 7.40. The van der Waals surface area contributed by atoms with E-state index in [1.165, 1.54) is 11.1 Å². The molecule has 0 fully saturated rings. The molecule has 5 nitrogen and oxygen atoms in total. The minimum absolute atomic E-state index is 0.0156. The fourth-order valence-electron chi connectivity index (χ4n) is 3.03. The van der Waals surface area contributed by atoms with Crippen molar-refractivity contribution >= 4 is 11.7 Å². The highest BCUT2D eigenvalue weighted by atomic mass is 16.5. The summed E-state index contributed by atoms with van der Waals surface area (Å²) in [6.07, 6.45) is 2.48. The average molecular weight is 332 g/mol. The highest BCUT2D eigenvalue weighted by molar-refractivity contribution is 5.98. The summed E-state index contributed by atoms with van der Waals surface area (Å²) in [6, 6.07) is 5.98. The first kappa shape index (κ1) is 18.6. The lowest BCUT2D eigenvalue weighted by molar-refractivity contribution is -0.131. The molecule has 1 N–H and O–H groups in total. The minimum atomic E-state index is 0.0156. The maximum atomic E-state index is 12.4. The molecule has 0 radical (unpaired) electrons. The molecule has 5 heteroatoms. The molecule has 1 heterocycles. The topological polar surface area (TPSA) is 58.6 Å². The van der Waals surface area contributed by atoms with E-state index in [2.05, 4.69) is 11.4 Å². The number of nitrogens with zero attached hydrogens (tertiary/aromatic N) is 1. The minimum Gasteiger partial charge on any atom is -0.383 e. The molecule has 0 spiro atoms. The van der Waals surface area contributed by atoms with Crippen molar-refractivity contribution in [3.8, 4) is 0 Å². The van der Waals surface area contributed by atoms with Gasteiger partial charge in [-0.25, -0.2) is 0 Å². The third-order valence-corrected chi connectivity index (χ3v) is 4.54. The zero-order valence-corrected chi connectivity index (χ0v) is 14.8. The third kappa shape index (κ3) is 5.14. The highest BCUT2D eigenvalue weighted by Gasteiger charge is 2.16. The van der Waals surface area contributed by atoms with Crippen LogP contribution in [-0.2, 0) is 22.4 Å². The van der Waals surface area contributed by atoms with Crippen LogP contribution in [0.3, 0.4) is 0 Å². The average Bonchev–Trinajstić information content (AvgIpc) is 2.84. The lowest BCUT2D eigenvalue weighted by Gasteiger charge is -2.20. The van der Waals surface area contributed by atoms with E-state index in [1.54, 1.807) is 12.0 Å². The summed E-state index contributed by atoms with van der Waals surface area (Å²) in [5, 5.41) is 3.37. The second-order valence-electron chi connectivity index (χ2n) is 6.12. The first-order valence-electron chi connectivity index (χ1n) is 8.78. The molecule has 0 saturated carbocycles. The summed E-state index contributed by atoms with van der Waals surface area (Å²) in [4.78, 5) is 26.4. The standard InChI is InChI=1S/C19H28N2O3/c1-3-21(12-13-24-2)19(23)7-6-18(22)17-5-4-15-8-10-20-11-9-16(15)14-17/h4-5,14,20H,3,6-13H2,1-2H3. The Morgan fingerprint density at radius 3 is 2.62 bits per heavy atom. The fourth-order valence-corrected chi connectivity index (χ4v) is 3.03. The number of ether oxygens (including phenoxy) is 1. The van der Waals surface area contributed by atoms with Gasteiger partial charge in [0.1, 0.15) is 0 Å². The summed E-state index contributed by atoms with van der Waals surface area (Å²) >= 11 is 0. The Morgan fingerprint density at radius 2 is 1.92 bits per heavy atom. The number of Topliss-reactive ketones (excluding diaryl/α,β-unsaturated/α-hetero) is 1. The number of hydrogen-bond acceptors (Lipinski definition) is 4. The number of hydrogen-bond donors (Lipinski definition) is 1. The van der Waals surface area contributed by atoms with Crippen molar-refractivity contribution in [3.05, 3.63) is 34.9 Å². The van der Waals surface area contributed by atoms with Gasteiger partial charge in [-0.15, -0.1) is 0 Å². The number of fused-ring (bicyclic) bond motifs is 1. The number of carbonyl (C=O) groups excluding carboxylic acids is 2. The van der Waals surface area contributed by atoms with Gasteiger partial charge in [0.2, 0.25) is 5.91 Å². The first-order chi connectivity index (χ1) is 11.7. The van der Waals surface area contributed by atoms with Gasteiger partial charge in [0.25, 0.3) is 0 Å². The molecule has 1 aliphatic rings. The largest absolute Gasteiger partial charge is 0.383 e. The zero-order chi connectivity index (χ0) is 17.4. The van der Waals surface area contributed by atoms with Gasteiger partial charge in [-0.05, 0) is 50.0 Å². The molecular formula is C19H28N2O3. The quantitative estimate of drug-likeness (QED) is 0.738. The summed E-state index contributed by atoms with van der Waals surface area (Å²) in [5.41, 5.74) is 3.31. The molecule has 0 aliphatic carbocycles. The van der Waals surface area contributed by atoms with Crippen LogP contribution in [0, 0.1) is 0 Å². The summed E-state index contributed by atoms with van der Waals surface area (Å²) in [7, 11) is 1.62. The smallest absolute Gasteiger partial charge is 0.223 e. The maximum absolute atomic E-state index is 12.4. The van der Waals surface area contributed by atoms with E-state index in [9.17, 15) is 9.59 Å². The monoisotopic (exact) mass is 332 g/mol. The van der Waals surface area contributed by atoms with Gasteiger partial charge < -0.3 is 15.0 Å². The molecule has 0 unspecified atom stereocenters. The van der Waals surface area contributed by atoms with E-state index in [1.807, 2.05) is 19.1 Å². The van der Waals surface area contributed by atoms with Crippen LogP contribution in [0.25, 0.3) is 0 Å². The van der Waals surface area contributed by atoms with Crippen LogP contribution in [0.4, 0.5) is 0 Å². The predicted molar refractivity (Wildman–Crippen MR) is 94.4 cm³/mol. The van der Waals surface area contributed by atoms with Crippen molar-refractivity contribution in [1.82, 2.24) is 10.2 Å². The van der Waals surface area contributed by atoms with Crippen molar-refractivity contribution < 1.29 is 14.3 Å². The van der Waals surface area contributed by atoms with Gasteiger partial charge in [0, 0.05) is 38.6 Å². The van der Waals surface area contributed by atoms with E-state index in [4.69, 9.17) is 4.74 Å². The molecule has 24 heavy (non-hydrogen) atoms. The Balaban J connectivity index is 1.92. The highest BCUT2D eigenvalue weighted by Crippen LogP contribution is 2.17. The number of carbonyl (C=O) groups is 2. The molecule has 0 bridgehead atoms. The Morgan fingerprint density at radius 1 is 1.17 bits per heavy atom.